The lowest BCUT2D eigenvalue weighted by Crippen LogP contribution is -2.65. The fourth-order valence-corrected chi connectivity index (χ4v) is 9.92. The summed E-state index contributed by atoms with van der Waals surface area (Å²) in [6.07, 6.45) is 3.42. The third-order valence-electron chi connectivity index (χ3n) is 12.7. The first-order chi connectivity index (χ1) is 26.3. The number of carbonyl (C=O) groups excluding carboxylic acids is 4. The largest absolute Gasteiger partial charge is 0.457 e. The number of aromatic nitrogens is 1. The molecule has 4 aliphatic rings. The van der Waals surface area contributed by atoms with Crippen molar-refractivity contribution >= 4 is 34.6 Å². The summed E-state index contributed by atoms with van der Waals surface area (Å²) in [4.78, 5) is 55.4. The number of aliphatic hydroxyl groups excluding tert-OH is 1. The maximum atomic E-state index is 13.7. The molecule has 0 radical (unpaired) electrons. The van der Waals surface area contributed by atoms with E-state index in [4.69, 9.17) is 18.9 Å². The van der Waals surface area contributed by atoms with E-state index >= 15 is 0 Å². The molecule has 0 saturated heterocycles. The summed E-state index contributed by atoms with van der Waals surface area (Å²) < 4.78 is 23.2. The highest BCUT2D eigenvalue weighted by molar-refractivity contribution is 6.32. The second-order valence-electron chi connectivity index (χ2n) is 15.7. The Labute approximate surface area is 320 Å². The summed E-state index contributed by atoms with van der Waals surface area (Å²) in [5.41, 5.74) is 0.461. The molecule has 3 unspecified atom stereocenters. The van der Waals surface area contributed by atoms with Crippen molar-refractivity contribution in [3.05, 3.63) is 95.9 Å². The molecule has 12 nitrogen and oxygen atoms in total. The van der Waals surface area contributed by atoms with Gasteiger partial charge in [-0.25, -0.2) is 14.4 Å². The van der Waals surface area contributed by atoms with Crippen molar-refractivity contribution in [2.75, 3.05) is 13.7 Å². The molecule has 0 spiro atoms. The van der Waals surface area contributed by atoms with Crippen LogP contribution in [0.4, 0.5) is 0 Å². The molecule has 0 bridgehead atoms. The van der Waals surface area contributed by atoms with Crippen LogP contribution in [0.1, 0.15) is 50.2 Å². The lowest BCUT2D eigenvalue weighted by molar-refractivity contribution is -0.189. The number of methoxy groups -OCH3 is 1. The predicted octanol–water partition coefficient (Wildman–Crippen LogP) is 4.30. The number of amides is 1. The predicted molar refractivity (Wildman–Crippen MR) is 201 cm³/mol. The van der Waals surface area contributed by atoms with E-state index in [-0.39, 0.29) is 36.6 Å². The Bertz CT molecular complexity index is 1990. The number of esters is 3. The number of hydrogen-bond donors (Lipinski definition) is 4. The van der Waals surface area contributed by atoms with Crippen molar-refractivity contribution in [1.82, 2.24) is 10.3 Å². The number of aliphatic hydroxyl groups is 2. The van der Waals surface area contributed by atoms with Crippen LogP contribution >= 0.6 is 0 Å². The Morgan fingerprint density at radius 2 is 1.82 bits per heavy atom. The molecule has 2 fully saturated rings. The van der Waals surface area contributed by atoms with E-state index in [1.165, 1.54) is 7.11 Å². The number of cyclic esters (lactones) is 1. The SMILES string of the molecule is CO[C@H]1C[C@H]2C=CC3C(C4[C@H]3[C@H](OC(=O)c3ccc[nH]3)[C@H](C)[C@H]4O)[C@]2(O)/C(C)=C/[C@@H](C)[C@@H]([C@@H](C)OC(=O)C(=O)NCCc2cccc3ccccc23)OC1=O. The lowest BCUT2D eigenvalue weighted by atomic mass is 9.46. The summed E-state index contributed by atoms with van der Waals surface area (Å²) in [7, 11) is 1.39. The van der Waals surface area contributed by atoms with Crippen LogP contribution in [0.25, 0.3) is 10.8 Å². The van der Waals surface area contributed by atoms with Crippen LogP contribution in [-0.4, -0.2) is 88.8 Å². The summed E-state index contributed by atoms with van der Waals surface area (Å²) in [6.45, 7) is 7.25. The topological polar surface area (TPSA) is 173 Å². The van der Waals surface area contributed by atoms with Crippen molar-refractivity contribution < 1.29 is 48.3 Å². The fourth-order valence-electron chi connectivity index (χ4n) is 9.92. The van der Waals surface area contributed by atoms with Crippen molar-refractivity contribution in [2.24, 2.45) is 41.4 Å². The number of ether oxygens (including phenoxy) is 4. The highest BCUT2D eigenvalue weighted by Gasteiger charge is 2.71. The van der Waals surface area contributed by atoms with E-state index in [1.807, 2.05) is 74.5 Å². The summed E-state index contributed by atoms with van der Waals surface area (Å²) in [6, 6.07) is 17.2. The van der Waals surface area contributed by atoms with Crippen LogP contribution < -0.4 is 5.32 Å². The summed E-state index contributed by atoms with van der Waals surface area (Å²) in [5, 5.41) is 29.3. The van der Waals surface area contributed by atoms with Gasteiger partial charge in [-0.3, -0.25) is 4.79 Å². The van der Waals surface area contributed by atoms with Crippen LogP contribution in [0.15, 0.2) is 84.6 Å². The first-order valence-electron chi connectivity index (χ1n) is 19.2. The molecule has 1 aliphatic heterocycles. The van der Waals surface area contributed by atoms with Gasteiger partial charge in [0.25, 0.3) is 0 Å². The molecular weight excluding hydrogens is 704 g/mol. The third-order valence-corrected chi connectivity index (χ3v) is 12.7. The molecule has 13 atom stereocenters. The van der Waals surface area contributed by atoms with Gasteiger partial charge in [-0.1, -0.05) is 74.5 Å². The van der Waals surface area contributed by atoms with E-state index in [2.05, 4.69) is 10.3 Å². The van der Waals surface area contributed by atoms with Gasteiger partial charge in [0, 0.05) is 49.4 Å². The number of allylic oxidation sites excluding steroid dienone is 1. The average molecular weight is 755 g/mol. The number of carbonyl (C=O) groups is 4. The van der Waals surface area contributed by atoms with E-state index in [1.54, 1.807) is 32.2 Å². The first kappa shape index (κ1) is 38.5. The van der Waals surface area contributed by atoms with E-state index in [0.29, 0.717) is 17.7 Å². The Morgan fingerprint density at radius 1 is 1.05 bits per heavy atom. The Hall–Kier alpha value is -4.78. The number of nitrogens with one attached hydrogen (secondary N) is 2. The molecule has 7 rings (SSSR count). The number of benzene rings is 2. The van der Waals surface area contributed by atoms with Crippen molar-refractivity contribution in [3.63, 3.8) is 0 Å². The van der Waals surface area contributed by atoms with Gasteiger partial charge in [0.05, 0.1) is 11.7 Å². The molecular formula is C43H50N2O10. The Morgan fingerprint density at radius 3 is 2.56 bits per heavy atom. The zero-order valence-electron chi connectivity index (χ0n) is 31.7. The minimum atomic E-state index is -1.50. The van der Waals surface area contributed by atoms with Crippen molar-refractivity contribution in [1.29, 1.82) is 0 Å². The fraction of sp³-hybridized carbons (Fsp3) is 0.488. The highest BCUT2D eigenvalue weighted by atomic mass is 16.6. The lowest BCUT2D eigenvalue weighted by Gasteiger charge is -2.61. The average Bonchev–Trinajstić information content (AvgIpc) is 3.77. The van der Waals surface area contributed by atoms with Crippen molar-refractivity contribution in [2.45, 2.75) is 76.7 Å². The maximum Gasteiger partial charge on any atom is 0.397 e. The highest BCUT2D eigenvalue weighted by Crippen LogP contribution is 2.66. The van der Waals surface area contributed by atoms with Gasteiger partial charge in [-0.2, -0.15) is 0 Å². The molecule has 2 saturated carbocycles. The van der Waals surface area contributed by atoms with Gasteiger partial charge in [-0.05, 0) is 72.6 Å². The standard InChI is InChI=1S/C43H50N2O10/c1-22-20-23(2)43(51)28(15-16-30-33-34(35(30)43)36(46)24(3)38(33)55-40(48)31-14-9-18-44-31)21-32(52-5)41(49)54-37(22)25(4)53-42(50)39(47)45-19-17-27-12-8-11-26-10-6-7-13-29(26)27/h6-16,18,20,22,24-25,28,30,32-38,44,46,51H,17,19,21H2,1-5H3,(H,45,47)/b23-20+/t22-,24-,25-,28-,30?,32+,33+,34?,35?,36-,37+,38-,43+/m1/s1. The van der Waals surface area contributed by atoms with E-state index < -0.39 is 77.7 Å². The van der Waals surface area contributed by atoms with E-state index in [9.17, 15) is 29.4 Å². The van der Waals surface area contributed by atoms with Gasteiger partial charge < -0.3 is 39.5 Å². The number of fused-ring (bicyclic) bond motifs is 7. The van der Waals surface area contributed by atoms with E-state index in [0.717, 1.165) is 16.3 Å². The quantitative estimate of drug-likeness (QED) is 0.112. The van der Waals surface area contributed by atoms with Crippen LogP contribution in [0.3, 0.4) is 0 Å². The number of H-pyrrole nitrogens is 1. The molecule has 3 aromatic rings. The summed E-state index contributed by atoms with van der Waals surface area (Å²) in [5.74, 6) is -5.99. The maximum absolute atomic E-state index is 13.7. The second kappa shape index (κ2) is 15.4. The van der Waals surface area contributed by atoms with Gasteiger partial charge in [-0.15, -0.1) is 0 Å². The van der Waals surface area contributed by atoms with Crippen LogP contribution in [0.2, 0.25) is 0 Å². The van der Waals surface area contributed by atoms with Crippen LogP contribution in [0, 0.1) is 41.4 Å². The minimum absolute atomic E-state index is 0.0827. The van der Waals surface area contributed by atoms with Gasteiger partial charge in [0.2, 0.25) is 0 Å². The number of hydrogen-bond acceptors (Lipinski definition) is 10. The first-order valence-corrected chi connectivity index (χ1v) is 19.2. The molecule has 12 heteroatoms. The zero-order valence-corrected chi connectivity index (χ0v) is 31.7. The van der Waals surface area contributed by atoms with Crippen LogP contribution in [-0.2, 0) is 39.8 Å². The van der Waals surface area contributed by atoms with Gasteiger partial charge in [0.1, 0.15) is 24.0 Å². The molecule has 55 heavy (non-hydrogen) atoms. The van der Waals surface area contributed by atoms with Gasteiger partial charge >= 0.3 is 23.8 Å². The summed E-state index contributed by atoms with van der Waals surface area (Å²) >= 11 is 0. The van der Waals surface area contributed by atoms with Gasteiger partial charge in [0.15, 0.2) is 6.10 Å². The molecule has 4 N–H and O–H groups in total. The Kier molecular flexibility index (Phi) is 10.8. The second-order valence-corrected chi connectivity index (χ2v) is 15.7. The normalized spacial score (nSPS) is 35.4. The van der Waals surface area contributed by atoms with Crippen LogP contribution in [0.5, 0.6) is 0 Å². The number of rotatable bonds is 8. The Balaban J connectivity index is 1.08. The monoisotopic (exact) mass is 754 g/mol. The molecule has 3 aliphatic carbocycles. The molecule has 1 aromatic heterocycles. The van der Waals surface area contributed by atoms with Crippen molar-refractivity contribution in [3.8, 4) is 0 Å². The third kappa shape index (κ3) is 6.89. The molecule has 1 amide bonds. The zero-order chi connectivity index (χ0) is 39.2. The smallest absolute Gasteiger partial charge is 0.397 e. The minimum Gasteiger partial charge on any atom is -0.457 e. The number of aromatic amines is 1. The molecule has 2 heterocycles. The molecule has 2 aromatic carbocycles. The molecule has 292 valence electrons.